The van der Waals surface area contributed by atoms with E-state index in [0.717, 1.165) is 5.56 Å². The third-order valence-electron chi connectivity index (χ3n) is 4.13. The molecule has 1 aliphatic rings. The molecule has 0 spiro atoms. The van der Waals surface area contributed by atoms with Crippen LogP contribution in [-0.4, -0.2) is 37.0 Å². The highest BCUT2D eigenvalue weighted by Crippen LogP contribution is 2.25. The summed E-state index contributed by atoms with van der Waals surface area (Å²) in [5.41, 5.74) is 6.00. The molecule has 1 unspecified atom stereocenters. The van der Waals surface area contributed by atoms with Crippen LogP contribution in [0.1, 0.15) is 25.3 Å². The Morgan fingerprint density at radius 2 is 1.81 bits per heavy atom. The van der Waals surface area contributed by atoms with Crippen LogP contribution in [-0.2, 0) is 19.9 Å². The molecule has 0 bridgehead atoms. The average Bonchev–Trinajstić information content (AvgIpc) is 2.54. The maximum atomic E-state index is 12.7. The Hall–Kier alpha value is -1.88. The van der Waals surface area contributed by atoms with E-state index in [9.17, 15) is 9.59 Å². The van der Waals surface area contributed by atoms with Gasteiger partial charge in [0, 0.05) is 13.1 Å². The summed E-state index contributed by atoms with van der Waals surface area (Å²) < 4.78 is 4.75. The van der Waals surface area contributed by atoms with Gasteiger partial charge in [-0.3, -0.25) is 9.59 Å². The zero-order valence-electron chi connectivity index (χ0n) is 12.5. The molecule has 114 valence electrons. The van der Waals surface area contributed by atoms with E-state index in [2.05, 4.69) is 0 Å². The fraction of sp³-hybridized carbons (Fsp3) is 0.500. The van der Waals surface area contributed by atoms with Crippen molar-refractivity contribution in [2.45, 2.75) is 25.3 Å². The van der Waals surface area contributed by atoms with Gasteiger partial charge in [-0.15, -0.1) is 0 Å². The van der Waals surface area contributed by atoms with Crippen LogP contribution in [0.15, 0.2) is 30.3 Å². The minimum Gasteiger partial charge on any atom is -0.469 e. The van der Waals surface area contributed by atoms with Crippen LogP contribution in [0.4, 0.5) is 0 Å². The lowest BCUT2D eigenvalue weighted by atomic mass is 9.89. The van der Waals surface area contributed by atoms with Crippen LogP contribution in [0.3, 0.4) is 0 Å². The molecule has 0 aromatic heterocycles. The van der Waals surface area contributed by atoms with Gasteiger partial charge in [-0.2, -0.15) is 0 Å². The quantitative estimate of drug-likeness (QED) is 0.851. The van der Waals surface area contributed by atoms with Gasteiger partial charge in [0.2, 0.25) is 5.91 Å². The number of methoxy groups -OCH3 is 1. The molecule has 21 heavy (non-hydrogen) atoms. The Kier molecular flexibility index (Phi) is 4.63. The van der Waals surface area contributed by atoms with E-state index in [1.807, 2.05) is 30.3 Å². The molecule has 1 amide bonds. The van der Waals surface area contributed by atoms with Crippen molar-refractivity contribution in [3.05, 3.63) is 35.9 Å². The third-order valence-corrected chi connectivity index (χ3v) is 4.13. The van der Waals surface area contributed by atoms with Crippen molar-refractivity contribution in [2.24, 2.45) is 11.7 Å². The second kappa shape index (κ2) is 6.26. The predicted molar refractivity (Wildman–Crippen MR) is 79.3 cm³/mol. The number of carbonyl (C=O) groups is 2. The van der Waals surface area contributed by atoms with Gasteiger partial charge < -0.3 is 15.4 Å². The zero-order valence-corrected chi connectivity index (χ0v) is 12.5. The smallest absolute Gasteiger partial charge is 0.308 e. The van der Waals surface area contributed by atoms with E-state index in [1.54, 1.807) is 11.8 Å². The first-order valence-corrected chi connectivity index (χ1v) is 7.18. The Balaban J connectivity index is 2.03. The lowest BCUT2D eigenvalue weighted by Crippen LogP contribution is -2.53. The molecule has 1 heterocycles. The lowest BCUT2D eigenvalue weighted by molar-refractivity contribution is -0.149. The van der Waals surface area contributed by atoms with Crippen LogP contribution >= 0.6 is 0 Å². The molecule has 2 rings (SSSR count). The van der Waals surface area contributed by atoms with Crippen LogP contribution in [0, 0.1) is 5.92 Å². The van der Waals surface area contributed by atoms with E-state index in [4.69, 9.17) is 10.5 Å². The van der Waals surface area contributed by atoms with Gasteiger partial charge in [0.1, 0.15) is 5.54 Å². The minimum atomic E-state index is -1.04. The first kappa shape index (κ1) is 15.5. The fourth-order valence-electron chi connectivity index (χ4n) is 2.72. The zero-order chi connectivity index (χ0) is 15.5. The van der Waals surface area contributed by atoms with Crippen molar-refractivity contribution in [2.75, 3.05) is 20.2 Å². The molecule has 0 saturated carbocycles. The summed E-state index contributed by atoms with van der Waals surface area (Å²) in [4.78, 5) is 25.9. The van der Waals surface area contributed by atoms with Crippen molar-refractivity contribution in [3.63, 3.8) is 0 Å². The maximum Gasteiger partial charge on any atom is 0.308 e. The van der Waals surface area contributed by atoms with Crippen molar-refractivity contribution >= 4 is 11.9 Å². The molecule has 1 aromatic carbocycles. The highest BCUT2D eigenvalue weighted by molar-refractivity contribution is 5.87. The Morgan fingerprint density at radius 3 is 2.33 bits per heavy atom. The van der Waals surface area contributed by atoms with Crippen molar-refractivity contribution in [1.29, 1.82) is 0 Å². The maximum absolute atomic E-state index is 12.7. The first-order chi connectivity index (χ1) is 9.96. The second-order valence-electron chi connectivity index (χ2n) is 5.66. The highest BCUT2D eigenvalue weighted by Gasteiger charge is 2.37. The van der Waals surface area contributed by atoms with Gasteiger partial charge >= 0.3 is 5.97 Å². The van der Waals surface area contributed by atoms with Gasteiger partial charge in [-0.25, -0.2) is 0 Å². The highest BCUT2D eigenvalue weighted by atomic mass is 16.5. The fourth-order valence-corrected chi connectivity index (χ4v) is 2.72. The van der Waals surface area contributed by atoms with Crippen LogP contribution < -0.4 is 5.73 Å². The molecule has 5 nitrogen and oxygen atoms in total. The Morgan fingerprint density at radius 1 is 1.24 bits per heavy atom. The molecule has 1 saturated heterocycles. The molecular weight excluding hydrogens is 268 g/mol. The summed E-state index contributed by atoms with van der Waals surface area (Å²) >= 11 is 0. The molecule has 2 N–H and O–H groups in total. The number of hydrogen-bond acceptors (Lipinski definition) is 4. The van der Waals surface area contributed by atoms with Gasteiger partial charge in [0.15, 0.2) is 0 Å². The number of carbonyl (C=O) groups excluding carboxylic acids is 2. The van der Waals surface area contributed by atoms with Gasteiger partial charge in [0.05, 0.1) is 13.0 Å². The Bertz CT molecular complexity index is 506. The van der Waals surface area contributed by atoms with E-state index in [0.29, 0.717) is 25.9 Å². The summed E-state index contributed by atoms with van der Waals surface area (Å²) in [6.45, 7) is 2.81. The number of ether oxygens (including phenoxy) is 1. The molecule has 0 aliphatic carbocycles. The number of amides is 1. The minimum absolute atomic E-state index is 0.1000. The summed E-state index contributed by atoms with van der Waals surface area (Å²) in [6, 6.07) is 9.36. The monoisotopic (exact) mass is 290 g/mol. The normalized spacial score (nSPS) is 18.9. The van der Waals surface area contributed by atoms with Crippen LogP contribution in [0.2, 0.25) is 0 Å². The molecule has 1 atom stereocenters. The van der Waals surface area contributed by atoms with E-state index >= 15 is 0 Å². The van der Waals surface area contributed by atoms with Gasteiger partial charge in [-0.1, -0.05) is 30.3 Å². The van der Waals surface area contributed by atoms with Crippen molar-refractivity contribution < 1.29 is 14.3 Å². The number of nitrogens with two attached hydrogens (primary N) is 1. The number of benzene rings is 1. The van der Waals surface area contributed by atoms with Gasteiger partial charge in [0.25, 0.3) is 0 Å². The second-order valence-corrected chi connectivity index (χ2v) is 5.66. The third kappa shape index (κ3) is 3.24. The van der Waals surface area contributed by atoms with E-state index in [-0.39, 0.29) is 17.8 Å². The number of hydrogen-bond donors (Lipinski definition) is 1. The molecule has 1 fully saturated rings. The van der Waals surface area contributed by atoms with E-state index in [1.165, 1.54) is 7.11 Å². The lowest BCUT2D eigenvalue weighted by Gasteiger charge is -2.36. The molecule has 0 radical (unpaired) electrons. The summed E-state index contributed by atoms with van der Waals surface area (Å²) in [5.74, 6) is -0.405. The molecule has 5 heteroatoms. The largest absolute Gasteiger partial charge is 0.469 e. The number of likely N-dealkylation sites (tertiary alicyclic amines) is 1. The van der Waals surface area contributed by atoms with Crippen molar-refractivity contribution in [1.82, 2.24) is 4.90 Å². The number of esters is 1. The Labute approximate surface area is 125 Å². The number of nitrogens with zero attached hydrogens (tertiary/aromatic N) is 1. The van der Waals surface area contributed by atoms with Gasteiger partial charge in [-0.05, 0) is 25.3 Å². The predicted octanol–water partition coefficient (Wildman–Crippen LogP) is 1.27. The summed E-state index contributed by atoms with van der Waals surface area (Å²) in [6.07, 6.45) is 1.26. The summed E-state index contributed by atoms with van der Waals surface area (Å²) in [7, 11) is 1.40. The number of rotatable bonds is 3. The average molecular weight is 290 g/mol. The standard InChI is InChI=1S/C16H22N2O3/c1-16(17,13-6-4-3-5-7-13)15(20)18-10-8-12(9-11-18)14(19)21-2/h3-7,12H,8-11,17H2,1-2H3. The topological polar surface area (TPSA) is 72.6 Å². The van der Waals surface area contributed by atoms with Crippen LogP contribution in [0.5, 0.6) is 0 Å². The number of piperidine rings is 1. The van der Waals surface area contributed by atoms with Crippen LogP contribution in [0.25, 0.3) is 0 Å². The summed E-state index contributed by atoms with van der Waals surface area (Å²) in [5, 5.41) is 0. The molecule has 1 aliphatic heterocycles. The molecular formula is C16H22N2O3. The first-order valence-electron chi connectivity index (χ1n) is 7.18. The van der Waals surface area contributed by atoms with Crippen molar-refractivity contribution in [3.8, 4) is 0 Å². The SMILES string of the molecule is COC(=O)C1CCN(C(=O)C(C)(N)c2ccccc2)CC1. The molecule has 1 aromatic rings. The van der Waals surface area contributed by atoms with E-state index < -0.39 is 5.54 Å².